The molecule has 1 saturated carbocycles. The number of nitrogens with zero attached hydrogens (tertiary/aromatic N) is 4. The molecule has 0 aromatic carbocycles. The molecule has 1 saturated heterocycles. The van der Waals surface area contributed by atoms with Crippen LogP contribution in [0.3, 0.4) is 0 Å². The molecule has 2 N–H and O–H groups in total. The number of hydrogen-bond donors (Lipinski definition) is 2. The molecule has 0 radical (unpaired) electrons. The SMILES string of the molecule is CNC(=O)CN1CCN(C(=O)c2n[nH]c(C3CC3)n2)CC1. The maximum absolute atomic E-state index is 12.3. The highest BCUT2D eigenvalue weighted by molar-refractivity contribution is 5.90. The highest BCUT2D eigenvalue weighted by Gasteiger charge is 2.30. The fourth-order valence-electron chi connectivity index (χ4n) is 2.44. The van der Waals surface area contributed by atoms with Crippen molar-refractivity contribution in [3.8, 4) is 0 Å². The summed E-state index contributed by atoms with van der Waals surface area (Å²) in [4.78, 5) is 31.7. The van der Waals surface area contributed by atoms with Gasteiger partial charge in [0.1, 0.15) is 5.82 Å². The number of aromatic amines is 1. The molecule has 8 heteroatoms. The molecular weight excluding hydrogens is 272 g/mol. The van der Waals surface area contributed by atoms with Crippen LogP contribution in [-0.4, -0.2) is 76.6 Å². The van der Waals surface area contributed by atoms with Gasteiger partial charge in [-0.25, -0.2) is 4.98 Å². The van der Waals surface area contributed by atoms with Crippen LogP contribution in [0.5, 0.6) is 0 Å². The third-order valence-electron chi connectivity index (χ3n) is 3.96. The average molecular weight is 292 g/mol. The normalized spacial score (nSPS) is 19.6. The lowest BCUT2D eigenvalue weighted by Crippen LogP contribution is -2.51. The Morgan fingerprint density at radius 2 is 2.00 bits per heavy atom. The van der Waals surface area contributed by atoms with E-state index in [9.17, 15) is 9.59 Å². The van der Waals surface area contributed by atoms with Gasteiger partial charge < -0.3 is 10.2 Å². The van der Waals surface area contributed by atoms with Crippen molar-refractivity contribution in [1.29, 1.82) is 0 Å². The van der Waals surface area contributed by atoms with Gasteiger partial charge in [0.2, 0.25) is 11.7 Å². The number of aromatic nitrogens is 3. The number of nitrogens with one attached hydrogen (secondary N) is 2. The van der Waals surface area contributed by atoms with Gasteiger partial charge in [0.05, 0.1) is 6.54 Å². The van der Waals surface area contributed by atoms with Gasteiger partial charge in [0.15, 0.2) is 0 Å². The molecule has 2 fully saturated rings. The van der Waals surface area contributed by atoms with E-state index in [4.69, 9.17) is 0 Å². The lowest BCUT2D eigenvalue weighted by atomic mass is 10.3. The van der Waals surface area contributed by atoms with Crippen LogP contribution >= 0.6 is 0 Å². The Labute approximate surface area is 122 Å². The van der Waals surface area contributed by atoms with Crippen molar-refractivity contribution < 1.29 is 9.59 Å². The Morgan fingerprint density at radius 3 is 2.62 bits per heavy atom. The summed E-state index contributed by atoms with van der Waals surface area (Å²) in [6, 6.07) is 0. The molecule has 21 heavy (non-hydrogen) atoms. The summed E-state index contributed by atoms with van der Waals surface area (Å²) in [7, 11) is 1.63. The van der Waals surface area contributed by atoms with E-state index in [0.29, 0.717) is 38.6 Å². The van der Waals surface area contributed by atoms with Crippen LogP contribution < -0.4 is 5.32 Å². The van der Waals surface area contributed by atoms with Gasteiger partial charge in [0, 0.05) is 39.1 Å². The topological polar surface area (TPSA) is 94.2 Å². The second kappa shape index (κ2) is 5.80. The summed E-state index contributed by atoms with van der Waals surface area (Å²) in [6.07, 6.45) is 2.25. The standard InChI is InChI=1S/C13H20N6O2/c1-14-10(20)8-18-4-6-19(7-5-18)13(21)12-15-11(16-17-12)9-2-3-9/h9H,2-8H2,1H3,(H,14,20)(H,15,16,17). The van der Waals surface area contributed by atoms with Crippen LogP contribution in [0.25, 0.3) is 0 Å². The third-order valence-corrected chi connectivity index (χ3v) is 3.96. The largest absolute Gasteiger partial charge is 0.358 e. The van der Waals surface area contributed by atoms with Crippen LogP contribution in [0.1, 0.15) is 35.2 Å². The molecule has 2 amide bonds. The van der Waals surface area contributed by atoms with E-state index in [2.05, 4.69) is 20.5 Å². The van der Waals surface area contributed by atoms with Crippen LogP contribution in [0.2, 0.25) is 0 Å². The number of piperazine rings is 1. The minimum atomic E-state index is -0.127. The molecule has 0 atom stereocenters. The van der Waals surface area contributed by atoms with Crippen molar-refractivity contribution >= 4 is 11.8 Å². The van der Waals surface area contributed by atoms with Crippen molar-refractivity contribution in [3.05, 3.63) is 11.6 Å². The maximum Gasteiger partial charge on any atom is 0.293 e. The average Bonchev–Trinajstić information content (AvgIpc) is 3.24. The lowest BCUT2D eigenvalue weighted by Gasteiger charge is -2.33. The molecule has 0 bridgehead atoms. The number of H-pyrrole nitrogens is 1. The Kier molecular flexibility index (Phi) is 3.87. The number of carbonyl (C=O) groups excluding carboxylic acids is 2. The van der Waals surface area contributed by atoms with Crippen molar-refractivity contribution in [1.82, 2.24) is 30.3 Å². The van der Waals surface area contributed by atoms with E-state index >= 15 is 0 Å². The second-order valence-electron chi connectivity index (χ2n) is 5.56. The van der Waals surface area contributed by atoms with Gasteiger partial charge >= 0.3 is 0 Å². The molecule has 2 aliphatic rings. The first-order valence-corrected chi connectivity index (χ1v) is 7.32. The van der Waals surface area contributed by atoms with E-state index in [0.717, 1.165) is 18.7 Å². The van der Waals surface area contributed by atoms with Crippen molar-refractivity contribution in [2.24, 2.45) is 0 Å². The van der Waals surface area contributed by atoms with Crippen molar-refractivity contribution in [2.75, 3.05) is 39.8 Å². The summed E-state index contributed by atoms with van der Waals surface area (Å²) in [6.45, 7) is 2.97. The Balaban J connectivity index is 1.53. The summed E-state index contributed by atoms with van der Waals surface area (Å²) in [5, 5.41) is 9.49. The van der Waals surface area contributed by atoms with Gasteiger partial charge in [-0.2, -0.15) is 0 Å². The monoisotopic (exact) mass is 292 g/mol. The molecule has 8 nitrogen and oxygen atoms in total. The van der Waals surface area contributed by atoms with E-state index < -0.39 is 0 Å². The first kappa shape index (κ1) is 14.0. The molecule has 1 aliphatic heterocycles. The van der Waals surface area contributed by atoms with Crippen LogP contribution in [0, 0.1) is 0 Å². The molecule has 1 aliphatic carbocycles. The highest BCUT2D eigenvalue weighted by atomic mass is 16.2. The third kappa shape index (κ3) is 3.21. The maximum atomic E-state index is 12.3. The molecule has 3 rings (SSSR count). The summed E-state index contributed by atoms with van der Waals surface area (Å²) in [5.74, 6) is 1.42. The number of carbonyl (C=O) groups is 2. The zero-order valence-corrected chi connectivity index (χ0v) is 12.1. The Morgan fingerprint density at radius 1 is 1.29 bits per heavy atom. The zero-order chi connectivity index (χ0) is 14.8. The van der Waals surface area contributed by atoms with Gasteiger partial charge in [-0.1, -0.05) is 0 Å². The van der Waals surface area contributed by atoms with Crippen molar-refractivity contribution in [2.45, 2.75) is 18.8 Å². The van der Waals surface area contributed by atoms with Crippen LogP contribution in [0.4, 0.5) is 0 Å². The van der Waals surface area contributed by atoms with E-state index in [1.165, 1.54) is 0 Å². The van der Waals surface area contributed by atoms with Gasteiger partial charge in [0.25, 0.3) is 5.91 Å². The minimum absolute atomic E-state index is 0.00202. The molecular formula is C13H20N6O2. The van der Waals surface area contributed by atoms with Gasteiger partial charge in [-0.15, -0.1) is 5.10 Å². The first-order chi connectivity index (χ1) is 10.2. The molecule has 114 valence electrons. The minimum Gasteiger partial charge on any atom is -0.358 e. The first-order valence-electron chi connectivity index (χ1n) is 7.32. The second-order valence-corrected chi connectivity index (χ2v) is 5.56. The smallest absolute Gasteiger partial charge is 0.293 e. The summed E-state index contributed by atoms with van der Waals surface area (Å²) < 4.78 is 0. The number of rotatable bonds is 4. The molecule has 1 aromatic heterocycles. The zero-order valence-electron chi connectivity index (χ0n) is 12.1. The lowest BCUT2D eigenvalue weighted by molar-refractivity contribution is -0.122. The molecule has 0 spiro atoms. The van der Waals surface area contributed by atoms with E-state index in [1.807, 2.05) is 4.90 Å². The van der Waals surface area contributed by atoms with Gasteiger partial charge in [-0.3, -0.25) is 19.6 Å². The highest BCUT2D eigenvalue weighted by Crippen LogP contribution is 2.37. The fraction of sp³-hybridized carbons (Fsp3) is 0.692. The van der Waals surface area contributed by atoms with Crippen molar-refractivity contribution in [3.63, 3.8) is 0 Å². The Bertz CT molecular complexity index is 531. The summed E-state index contributed by atoms with van der Waals surface area (Å²) >= 11 is 0. The number of amides is 2. The number of likely N-dealkylation sites (N-methyl/N-ethyl adjacent to an activating group) is 1. The molecule has 1 aromatic rings. The predicted molar refractivity (Wildman–Crippen MR) is 74.8 cm³/mol. The molecule has 2 heterocycles. The fourth-order valence-corrected chi connectivity index (χ4v) is 2.44. The van der Waals surface area contributed by atoms with Crippen LogP contribution in [0.15, 0.2) is 0 Å². The quantitative estimate of drug-likeness (QED) is 0.756. The number of hydrogen-bond acceptors (Lipinski definition) is 5. The summed E-state index contributed by atoms with van der Waals surface area (Å²) in [5.41, 5.74) is 0. The van der Waals surface area contributed by atoms with Crippen LogP contribution in [-0.2, 0) is 4.79 Å². The van der Waals surface area contributed by atoms with E-state index in [-0.39, 0.29) is 17.6 Å². The molecule has 0 unspecified atom stereocenters. The van der Waals surface area contributed by atoms with Gasteiger partial charge in [-0.05, 0) is 12.8 Å². The Hall–Kier alpha value is -1.96. The predicted octanol–water partition coefficient (Wildman–Crippen LogP) is -0.814. The van der Waals surface area contributed by atoms with E-state index in [1.54, 1.807) is 11.9 Å².